The number of rotatable bonds is 1. The molecule has 0 heterocycles. The summed E-state index contributed by atoms with van der Waals surface area (Å²) >= 11 is 0. The fourth-order valence-electron chi connectivity index (χ4n) is 2.75. The van der Waals surface area contributed by atoms with Gasteiger partial charge in [-0.05, 0) is 49.7 Å². The minimum absolute atomic E-state index is 0.428. The molecular weight excluding hydrogens is 224 g/mol. The minimum atomic E-state index is -3.94. The highest BCUT2D eigenvalue weighted by atomic mass is 32.2. The summed E-state index contributed by atoms with van der Waals surface area (Å²) in [6.07, 6.45) is 5.15. The van der Waals surface area contributed by atoms with Gasteiger partial charge in [0.15, 0.2) is 0 Å². The van der Waals surface area contributed by atoms with Crippen molar-refractivity contribution in [1.82, 2.24) is 0 Å². The van der Waals surface area contributed by atoms with Crippen molar-refractivity contribution in [3.05, 3.63) is 22.8 Å². The van der Waals surface area contributed by atoms with Gasteiger partial charge < -0.3 is 0 Å². The van der Waals surface area contributed by atoms with Gasteiger partial charge >= 0.3 is 0 Å². The van der Waals surface area contributed by atoms with Crippen molar-refractivity contribution in [2.45, 2.75) is 44.8 Å². The Morgan fingerprint density at radius 1 is 1.44 bits per heavy atom. The largest absolute Gasteiger partial charge is 0.285 e. The van der Waals surface area contributed by atoms with Crippen molar-refractivity contribution in [3.63, 3.8) is 0 Å². The first-order valence-electron chi connectivity index (χ1n) is 5.75. The van der Waals surface area contributed by atoms with Crippen molar-refractivity contribution in [3.8, 4) is 0 Å². The van der Waals surface area contributed by atoms with Gasteiger partial charge in [0.1, 0.15) is 5.25 Å². The first-order valence-corrected chi connectivity index (χ1v) is 7.25. The van der Waals surface area contributed by atoms with E-state index in [0.717, 1.165) is 24.8 Å². The van der Waals surface area contributed by atoms with E-state index in [-0.39, 0.29) is 0 Å². The Labute approximate surface area is 97.0 Å². The summed E-state index contributed by atoms with van der Waals surface area (Å²) in [5.41, 5.74) is 3.33. The van der Waals surface area contributed by atoms with Crippen molar-refractivity contribution in [2.75, 3.05) is 0 Å². The molecule has 0 aromatic carbocycles. The van der Waals surface area contributed by atoms with Gasteiger partial charge in [0, 0.05) is 0 Å². The smallest absolute Gasteiger partial charge is 0.271 e. The average molecular weight is 242 g/mol. The van der Waals surface area contributed by atoms with Crippen LogP contribution in [0.1, 0.15) is 39.5 Å². The molecule has 1 N–H and O–H groups in total. The Hall–Kier alpha value is -0.610. The molecule has 2 rings (SSSR count). The molecule has 2 aliphatic rings. The van der Waals surface area contributed by atoms with Gasteiger partial charge in [-0.2, -0.15) is 8.42 Å². The summed E-state index contributed by atoms with van der Waals surface area (Å²) in [4.78, 5) is 0. The molecule has 2 aliphatic carbocycles. The highest BCUT2D eigenvalue weighted by molar-refractivity contribution is 7.86. The summed E-state index contributed by atoms with van der Waals surface area (Å²) in [6.45, 7) is 4.22. The fraction of sp³-hybridized carbons (Fsp3) is 0.667. The standard InChI is InChI=1S/C12H18O3S/c1-8-3-5-10-11(7-8)9(2)4-6-12(10)16(13,14)15/h4,8,12H,3,5-7H2,1-2H3,(H,13,14,15). The number of allylic oxidation sites excluding steroid dienone is 3. The van der Waals surface area contributed by atoms with E-state index in [1.165, 1.54) is 11.1 Å². The summed E-state index contributed by atoms with van der Waals surface area (Å²) in [5.74, 6) is 0.613. The first-order chi connectivity index (χ1) is 7.39. The molecule has 2 atom stereocenters. The molecule has 90 valence electrons. The normalized spacial score (nSPS) is 31.1. The van der Waals surface area contributed by atoms with Gasteiger partial charge in [0.2, 0.25) is 0 Å². The molecular formula is C12H18O3S. The Balaban J connectivity index is 2.43. The topological polar surface area (TPSA) is 54.4 Å². The predicted octanol–water partition coefficient (Wildman–Crippen LogP) is 2.71. The molecule has 0 aromatic rings. The molecule has 0 amide bonds. The summed E-state index contributed by atoms with van der Waals surface area (Å²) < 4.78 is 31.9. The Morgan fingerprint density at radius 3 is 2.75 bits per heavy atom. The first kappa shape index (κ1) is 11.9. The van der Waals surface area contributed by atoms with Gasteiger partial charge in [-0.25, -0.2) is 0 Å². The molecule has 0 saturated carbocycles. The van der Waals surface area contributed by atoms with Gasteiger partial charge in [-0.3, -0.25) is 4.55 Å². The van der Waals surface area contributed by atoms with E-state index < -0.39 is 15.4 Å². The average Bonchev–Trinajstić information content (AvgIpc) is 2.17. The molecule has 0 saturated heterocycles. The van der Waals surface area contributed by atoms with Crippen LogP contribution >= 0.6 is 0 Å². The van der Waals surface area contributed by atoms with E-state index in [1.54, 1.807) is 0 Å². The Kier molecular flexibility index (Phi) is 2.97. The van der Waals surface area contributed by atoms with Crippen LogP contribution in [0.5, 0.6) is 0 Å². The van der Waals surface area contributed by atoms with Crippen molar-refractivity contribution in [2.24, 2.45) is 5.92 Å². The van der Waals surface area contributed by atoms with Crippen LogP contribution in [-0.4, -0.2) is 18.2 Å². The highest BCUT2D eigenvalue weighted by Gasteiger charge is 2.34. The zero-order valence-electron chi connectivity index (χ0n) is 9.73. The van der Waals surface area contributed by atoms with E-state index in [0.29, 0.717) is 12.3 Å². The molecule has 0 bridgehead atoms. The Bertz CT molecular complexity index is 457. The van der Waals surface area contributed by atoms with E-state index in [9.17, 15) is 13.0 Å². The second-order valence-electron chi connectivity index (χ2n) is 4.98. The SMILES string of the molecule is CC1=CCC(S(=O)(=O)O)C2=C1CC(C)CC2. The molecule has 4 heteroatoms. The zero-order chi connectivity index (χ0) is 11.9. The lowest BCUT2D eigenvalue weighted by molar-refractivity contribution is 0.453. The molecule has 0 radical (unpaired) electrons. The molecule has 0 aromatic heterocycles. The van der Waals surface area contributed by atoms with Gasteiger partial charge in [-0.15, -0.1) is 0 Å². The summed E-state index contributed by atoms with van der Waals surface area (Å²) in [6, 6.07) is 0. The van der Waals surface area contributed by atoms with E-state index in [2.05, 4.69) is 6.92 Å². The van der Waals surface area contributed by atoms with Gasteiger partial charge in [-0.1, -0.05) is 18.6 Å². The van der Waals surface area contributed by atoms with Crippen molar-refractivity contribution < 1.29 is 13.0 Å². The molecule has 0 aliphatic heterocycles. The third-order valence-corrected chi connectivity index (χ3v) is 4.91. The number of hydrogen-bond acceptors (Lipinski definition) is 2. The fourth-order valence-corrected chi connectivity index (χ4v) is 3.71. The second-order valence-corrected chi connectivity index (χ2v) is 6.58. The van der Waals surface area contributed by atoms with E-state index in [1.807, 2.05) is 13.0 Å². The monoisotopic (exact) mass is 242 g/mol. The quantitative estimate of drug-likeness (QED) is 0.719. The lowest BCUT2D eigenvalue weighted by Crippen LogP contribution is -2.28. The number of hydrogen-bond donors (Lipinski definition) is 1. The van der Waals surface area contributed by atoms with Crippen LogP contribution in [0.2, 0.25) is 0 Å². The van der Waals surface area contributed by atoms with Gasteiger partial charge in [0.25, 0.3) is 10.1 Å². The third-order valence-electron chi connectivity index (χ3n) is 3.71. The molecule has 2 unspecified atom stereocenters. The van der Waals surface area contributed by atoms with Gasteiger partial charge in [0.05, 0.1) is 0 Å². The molecule has 16 heavy (non-hydrogen) atoms. The van der Waals surface area contributed by atoms with Crippen molar-refractivity contribution in [1.29, 1.82) is 0 Å². The van der Waals surface area contributed by atoms with Crippen LogP contribution in [0, 0.1) is 5.92 Å². The zero-order valence-corrected chi connectivity index (χ0v) is 10.5. The molecule has 0 fully saturated rings. The van der Waals surface area contributed by atoms with E-state index >= 15 is 0 Å². The third kappa shape index (κ3) is 2.09. The van der Waals surface area contributed by atoms with Crippen LogP contribution in [0.3, 0.4) is 0 Å². The Morgan fingerprint density at radius 2 is 2.12 bits per heavy atom. The predicted molar refractivity (Wildman–Crippen MR) is 63.8 cm³/mol. The summed E-state index contributed by atoms with van der Waals surface area (Å²) in [7, 11) is -3.94. The van der Waals surface area contributed by atoms with Crippen LogP contribution < -0.4 is 0 Å². The van der Waals surface area contributed by atoms with Crippen LogP contribution in [0.25, 0.3) is 0 Å². The maximum atomic E-state index is 11.3. The van der Waals surface area contributed by atoms with E-state index in [4.69, 9.17) is 0 Å². The minimum Gasteiger partial charge on any atom is -0.285 e. The lowest BCUT2D eigenvalue weighted by Gasteiger charge is -2.32. The maximum absolute atomic E-state index is 11.3. The van der Waals surface area contributed by atoms with Crippen LogP contribution in [0.4, 0.5) is 0 Å². The summed E-state index contributed by atoms with van der Waals surface area (Å²) in [5, 5.41) is -0.682. The van der Waals surface area contributed by atoms with Crippen molar-refractivity contribution >= 4 is 10.1 Å². The highest BCUT2D eigenvalue weighted by Crippen LogP contribution is 2.40. The van der Waals surface area contributed by atoms with Crippen LogP contribution in [-0.2, 0) is 10.1 Å². The van der Waals surface area contributed by atoms with Crippen LogP contribution in [0.15, 0.2) is 22.8 Å². The maximum Gasteiger partial charge on any atom is 0.271 e. The molecule has 3 nitrogen and oxygen atoms in total. The lowest BCUT2D eigenvalue weighted by atomic mass is 9.77. The molecule has 0 spiro atoms. The second kappa shape index (κ2) is 4.00.